The van der Waals surface area contributed by atoms with Gasteiger partial charge in [0.2, 0.25) is 0 Å². The Morgan fingerprint density at radius 3 is 2.02 bits per heavy atom. The van der Waals surface area contributed by atoms with Crippen LogP contribution in [0.5, 0.6) is 5.75 Å². The maximum Gasteiger partial charge on any atom is 0.118 e. The zero-order valence-electron chi connectivity index (χ0n) is 25.0. The minimum atomic E-state index is -0.783. The molecule has 4 unspecified atom stereocenters. The van der Waals surface area contributed by atoms with Crippen LogP contribution in [0.2, 0.25) is 0 Å². The normalized spacial score (nSPS) is 18.9. The number of aliphatic hydroxyl groups is 1. The summed E-state index contributed by atoms with van der Waals surface area (Å²) in [6.07, 6.45) is 0.630. The minimum Gasteiger partial charge on any atom is -0.497 e. The molecule has 0 aliphatic carbocycles. The molecule has 4 atom stereocenters. The van der Waals surface area contributed by atoms with Gasteiger partial charge in [0.05, 0.1) is 45.2 Å². The van der Waals surface area contributed by atoms with Crippen molar-refractivity contribution in [2.24, 2.45) is 0 Å². The highest BCUT2D eigenvalue weighted by Gasteiger charge is 2.35. The molecule has 1 saturated heterocycles. The van der Waals surface area contributed by atoms with Gasteiger partial charge < -0.3 is 24.1 Å². The largest absolute Gasteiger partial charge is 0.497 e. The van der Waals surface area contributed by atoms with Crippen LogP contribution in [0, 0.1) is 0 Å². The second-order valence-corrected chi connectivity index (χ2v) is 10.4. The summed E-state index contributed by atoms with van der Waals surface area (Å²) in [7, 11) is 1.67. The average molecular weight is 569 g/mol. The first-order chi connectivity index (χ1) is 20.7. The summed E-state index contributed by atoms with van der Waals surface area (Å²) >= 11 is 0. The standard InChI is InChI=1S/C35H38O5.C2H6/c1-37-30-18-16-26(17-19-30)20-29-14-8-9-15-33(29)35(36)34-22-31(39-24-28-12-6-3-7-13-28)21-32(40-34)25-38-23-27-10-4-2-5-11-27;1-2/h2-19,31-32,34-36H,20-25H2,1H3;1-2H3. The van der Waals surface area contributed by atoms with Crippen molar-refractivity contribution in [3.63, 3.8) is 0 Å². The first kappa shape index (κ1) is 31.5. The highest BCUT2D eigenvalue weighted by atomic mass is 16.6. The van der Waals surface area contributed by atoms with E-state index in [1.807, 2.05) is 80.6 Å². The summed E-state index contributed by atoms with van der Waals surface area (Å²) in [5.74, 6) is 0.828. The van der Waals surface area contributed by atoms with Gasteiger partial charge in [0.25, 0.3) is 0 Å². The Bertz CT molecular complexity index is 1290. The number of ether oxygens (including phenoxy) is 4. The number of hydrogen-bond donors (Lipinski definition) is 1. The van der Waals surface area contributed by atoms with Crippen LogP contribution in [-0.4, -0.2) is 37.1 Å². The molecule has 1 fully saturated rings. The van der Waals surface area contributed by atoms with E-state index in [-0.39, 0.29) is 12.2 Å². The zero-order valence-corrected chi connectivity index (χ0v) is 25.0. The fourth-order valence-electron chi connectivity index (χ4n) is 5.27. The topological polar surface area (TPSA) is 57.2 Å². The SMILES string of the molecule is CC.COc1ccc(Cc2ccccc2C(O)C2CC(OCc3ccccc3)CC(COCc3ccccc3)O2)cc1. The van der Waals surface area contributed by atoms with Crippen LogP contribution in [-0.2, 0) is 33.8 Å². The van der Waals surface area contributed by atoms with Crippen molar-refractivity contribution in [3.8, 4) is 5.75 Å². The van der Waals surface area contributed by atoms with Crippen molar-refractivity contribution < 1.29 is 24.1 Å². The summed E-state index contributed by atoms with van der Waals surface area (Å²) in [4.78, 5) is 0. The predicted octanol–water partition coefficient (Wildman–Crippen LogP) is 7.70. The highest BCUT2D eigenvalue weighted by Crippen LogP contribution is 2.33. The summed E-state index contributed by atoms with van der Waals surface area (Å²) in [5.41, 5.74) is 5.37. The third-order valence-electron chi connectivity index (χ3n) is 7.41. The molecule has 0 radical (unpaired) electrons. The lowest BCUT2D eigenvalue weighted by Crippen LogP contribution is -2.42. The van der Waals surface area contributed by atoms with Gasteiger partial charge in [-0.25, -0.2) is 0 Å². The van der Waals surface area contributed by atoms with Crippen molar-refractivity contribution in [2.45, 2.75) is 70.7 Å². The Balaban J connectivity index is 0.00000198. The van der Waals surface area contributed by atoms with E-state index in [9.17, 15) is 5.11 Å². The number of methoxy groups -OCH3 is 1. The maximum atomic E-state index is 11.7. The highest BCUT2D eigenvalue weighted by molar-refractivity contribution is 5.36. The molecule has 0 spiro atoms. The van der Waals surface area contributed by atoms with Gasteiger partial charge in [-0.15, -0.1) is 0 Å². The number of rotatable bonds is 12. The molecule has 222 valence electrons. The van der Waals surface area contributed by atoms with Crippen LogP contribution in [0.15, 0.2) is 109 Å². The quantitative estimate of drug-likeness (QED) is 0.190. The smallest absolute Gasteiger partial charge is 0.118 e. The summed E-state index contributed by atoms with van der Waals surface area (Å²) in [6.45, 7) is 5.49. The molecular weight excluding hydrogens is 524 g/mol. The van der Waals surface area contributed by atoms with Gasteiger partial charge in [-0.3, -0.25) is 0 Å². The Hall–Kier alpha value is -3.48. The van der Waals surface area contributed by atoms with Crippen LogP contribution < -0.4 is 4.74 Å². The van der Waals surface area contributed by atoms with Crippen LogP contribution >= 0.6 is 0 Å². The molecule has 4 aromatic rings. The molecule has 0 bridgehead atoms. The summed E-state index contributed by atoms with van der Waals surface area (Å²) in [6, 6.07) is 36.5. The summed E-state index contributed by atoms with van der Waals surface area (Å²) < 4.78 is 24.2. The van der Waals surface area contributed by atoms with E-state index >= 15 is 0 Å². The fraction of sp³-hybridized carbons (Fsp3) is 0.351. The van der Waals surface area contributed by atoms with Gasteiger partial charge in [0, 0.05) is 12.8 Å². The monoisotopic (exact) mass is 568 g/mol. The lowest BCUT2D eigenvalue weighted by atomic mass is 9.90. The molecule has 1 N–H and O–H groups in total. The second-order valence-electron chi connectivity index (χ2n) is 10.4. The number of hydrogen-bond acceptors (Lipinski definition) is 5. The Morgan fingerprint density at radius 2 is 1.36 bits per heavy atom. The molecule has 5 heteroatoms. The van der Waals surface area contributed by atoms with E-state index in [0.29, 0.717) is 32.7 Å². The van der Waals surface area contributed by atoms with Crippen molar-refractivity contribution >= 4 is 0 Å². The molecule has 1 aliphatic heterocycles. The van der Waals surface area contributed by atoms with Gasteiger partial charge in [-0.2, -0.15) is 0 Å². The fourth-order valence-corrected chi connectivity index (χ4v) is 5.27. The molecule has 5 nitrogen and oxygen atoms in total. The van der Waals surface area contributed by atoms with E-state index in [0.717, 1.165) is 40.0 Å². The Labute approximate surface area is 251 Å². The van der Waals surface area contributed by atoms with Gasteiger partial charge in [0.15, 0.2) is 0 Å². The van der Waals surface area contributed by atoms with Gasteiger partial charge in [0.1, 0.15) is 11.9 Å². The van der Waals surface area contributed by atoms with Crippen LogP contribution in [0.3, 0.4) is 0 Å². The van der Waals surface area contributed by atoms with Gasteiger partial charge >= 0.3 is 0 Å². The third-order valence-corrected chi connectivity index (χ3v) is 7.41. The Kier molecular flexibility index (Phi) is 12.6. The summed E-state index contributed by atoms with van der Waals surface area (Å²) in [5, 5.41) is 11.7. The van der Waals surface area contributed by atoms with E-state index < -0.39 is 12.2 Å². The molecule has 0 aromatic heterocycles. The molecule has 0 amide bonds. The first-order valence-corrected chi connectivity index (χ1v) is 15.0. The molecule has 1 heterocycles. The van der Waals surface area contributed by atoms with Crippen molar-refractivity contribution in [1.29, 1.82) is 0 Å². The lowest BCUT2D eigenvalue weighted by molar-refractivity contribution is -0.169. The van der Waals surface area contributed by atoms with Crippen molar-refractivity contribution in [3.05, 3.63) is 137 Å². The predicted molar refractivity (Wildman–Crippen MR) is 168 cm³/mol. The van der Waals surface area contributed by atoms with Gasteiger partial charge in [-0.05, 0) is 46.4 Å². The van der Waals surface area contributed by atoms with Crippen molar-refractivity contribution in [2.75, 3.05) is 13.7 Å². The van der Waals surface area contributed by atoms with E-state index in [1.165, 1.54) is 0 Å². The number of aliphatic hydroxyl groups excluding tert-OH is 1. The first-order valence-electron chi connectivity index (χ1n) is 15.0. The van der Waals surface area contributed by atoms with E-state index in [2.05, 4.69) is 42.5 Å². The second kappa shape index (κ2) is 16.8. The molecule has 1 aliphatic rings. The molecule has 42 heavy (non-hydrogen) atoms. The van der Waals surface area contributed by atoms with E-state index in [1.54, 1.807) is 7.11 Å². The molecule has 5 rings (SSSR count). The van der Waals surface area contributed by atoms with Gasteiger partial charge in [-0.1, -0.05) is 111 Å². The van der Waals surface area contributed by atoms with Crippen molar-refractivity contribution in [1.82, 2.24) is 0 Å². The molecular formula is C37H44O5. The third kappa shape index (κ3) is 9.27. The van der Waals surface area contributed by atoms with Crippen LogP contribution in [0.1, 0.15) is 60.6 Å². The maximum absolute atomic E-state index is 11.7. The minimum absolute atomic E-state index is 0.0484. The molecule has 0 saturated carbocycles. The number of benzene rings is 4. The average Bonchev–Trinajstić information content (AvgIpc) is 3.06. The van der Waals surface area contributed by atoms with Crippen LogP contribution in [0.4, 0.5) is 0 Å². The zero-order chi connectivity index (χ0) is 29.6. The van der Waals surface area contributed by atoms with Crippen LogP contribution in [0.25, 0.3) is 0 Å². The van der Waals surface area contributed by atoms with E-state index in [4.69, 9.17) is 18.9 Å². The Morgan fingerprint density at radius 1 is 0.738 bits per heavy atom. The lowest BCUT2D eigenvalue weighted by Gasteiger charge is -2.38. The molecule has 4 aromatic carbocycles.